The van der Waals surface area contributed by atoms with Gasteiger partial charge in [-0.15, -0.1) is 0 Å². The Labute approximate surface area is 204 Å². The molecule has 180 valence electrons. The molecule has 0 unspecified atom stereocenters. The first-order chi connectivity index (χ1) is 16.8. The summed E-state index contributed by atoms with van der Waals surface area (Å²) in [7, 11) is -3.62. The highest BCUT2D eigenvalue weighted by Crippen LogP contribution is 2.23. The zero-order valence-electron chi connectivity index (χ0n) is 19.8. The van der Waals surface area contributed by atoms with Gasteiger partial charge in [0.1, 0.15) is 6.54 Å². The normalized spacial score (nSPS) is 15.1. The molecule has 1 saturated heterocycles. The lowest BCUT2D eigenvalue weighted by molar-refractivity contribution is -0.132. The molecule has 1 fully saturated rings. The van der Waals surface area contributed by atoms with Gasteiger partial charge in [-0.05, 0) is 49.7 Å². The molecule has 8 heteroatoms. The van der Waals surface area contributed by atoms with E-state index in [-0.39, 0.29) is 31.0 Å². The predicted octanol–water partition coefficient (Wildman–Crippen LogP) is 3.30. The lowest BCUT2D eigenvalue weighted by Crippen LogP contribution is -2.51. The minimum atomic E-state index is -3.62. The van der Waals surface area contributed by atoms with Crippen molar-refractivity contribution in [3.63, 3.8) is 0 Å². The van der Waals surface area contributed by atoms with E-state index in [4.69, 9.17) is 0 Å². The molecule has 0 bridgehead atoms. The van der Waals surface area contributed by atoms with Gasteiger partial charge in [0.05, 0.1) is 15.9 Å². The number of nitrogens with zero attached hydrogens (tertiary/aromatic N) is 3. The van der Waals surface area contributed by atoms with Crippen LogP contribution in [0.4, 0.5) is 0 Å². The first-order valence-electron chi connectivity index (χ1n) is 11.6. The van der Waals surface area contributed by atoms with E-state index in [9.17, 15) is 18.0 Å². The van der Waals surface area contributed by atoms with E-state index in [1.165, 1.54) is 4.31 Å². The monoisotopic (exact) mass is 489 g/mol. The van der Waals surface area contributed by atoms with Crippen LogP contribution in [0.25, 0.3) is 21.8 Å². The van der Waals surface area contributed by atoms with Crippen molar-refractivity contribution in [2.75, 3.05) is 26.2 Å². The Morgan fingerprint density at radius 1 is 0.829 bits per heavy atom. The van der Waals surface area contributed by atoms with Crippen molar-refractivity contribution in [1.82, 2.24) is 13.8 Å². The van der Waals surface area contributed by atoms with Crippen LogP contribution in [0.1, 0.15) is 11.1 Å². The molecule has 0 spiro atoms. The topological polar surface area (TPSA) is 79.7 Å². The van der Waals surface area contributed by atoms with E-state index < -0.39 is 10.0 Å². The largest absolute Gasteiger partial charge is 0.339 e. The van der Waals surface area contributed by atoms with Crippen LogP contribution < -0.4 is 5.43 Å². The smallest absolute Gasteiger partial charge is 0.243 e. The molecule has 1 aromatic heterocycles. The molecule has 7 nitrogen and oxygen atoms in total. The summed E-state index contributed by atoms with van der Waals surface area (Å²) in [6.07, 6.45) is 0. The maximum absolute atomic E-state index is 13.3. The van der Waals surface area contributed by atoms with Crippen molar-refractivity contribution in [2.45, 2.75) is 25.3 Å². The Morgan fingerprint density at radius 3 is 1.97 bits per heavy atom. The van der Waals surface area contributed by atoms with Crippen molar-refractivity contribution >= 4 is 37.7 Å². The molecular formula is C27H27N3O4S. The van der Waals surface area contributed by atoms with Crippen molar-refractivity contribution in [2.24, 2.45) is 0 Å². The maximum Gasteiger partial charge on any atom is 0.243 e. The Balaban J connectivity index is 1.38. The summed E-state index contributed by atoms with van der Waals surface area (Å²) >= 11 is 0. The molecule has 0 saturated carbocycles. The Morgan fingerprint density at radius 2 is 1.40 bits per heavy atom. The number of aromatic nitrogens is 1. The fourth-order valence-corrected chi connectivity index (χ4v) is 6.52. The van der Waals surface area contributed by atoms with Crippen LogP contribution >= 0.6 is 0 Å². The van der Waals surface area contributed by atoms with E-state index in [1.54, 1.807) is 36.1 Å². The molecule has 1 aliphatic rings. The van der Waals surface area contributed by atoms with E-state index in [0.717, 1.165) is 11.1 Å². The van der Waals surface area contributed by atoms with Crippen LogP contribution in [-0.4, -0.2) is 54.3 Å². The zero-order valence-corrected chi connectivity index (χ0v) is 20.6. The second-order valence-electron chi connectivity index (χ2n) is 9.00. The van der Waals surface area contributed by atoms with Gasteiger partial charge < -0.3 is 9.47 Å². The zero-order chi connectivity index (χ0) is 24.7. The van der Waals surface area contributed by atoms with Gasteiger partial charge >= 0.3 is 0 Å². The van der Waals surface area contributed by atoms with Crippen molar-refractivity contribution in [3.05, 3.63) is 88.1 Å². The Bertz CT molecular complexity index is 1560. The van der Waals surface area contributed by atoms with Gasteiger partial charge in [0.25, 0.3) is 0 Å². The first-order valence-corrected chi connectivity index (χ1v) is 13.1. The molecule has 0 N–H and O–H groups in total. The highest BCUT2D eigenvalue weighted by molar-refractivity contribution is 7.89. The fraction of sp³-hybridized carbons (Fsp3) is 0.259. The van der Waals surface area contributed by atoms with Gasteiger partial charge in [-0.1, -0.05) is 42.0 Å². The third kappa shape index (κ3) is 4.13. The SMILES string of the molecule is Cc1ccc(S(=O)(=O)N2CCN(C(=O)Cn3c4ccccc4c(=O)c4ccccc43)CC2)c(C)c1. The van der Waals surface area contributed by atoms with Gasteiger partial charge in [-0.3, -0.25) is 9.59 Å². The molecule has 35 heavy (non-hydrogen) atoms. The maximum atomic E-state index is 13.3. The number of pyridine rings is 1. The Kier molecular flexibility index (Phi) is 5.94. The number of fused-ring (bicyclic) bond motifs is 2. The first kappa shape index (κ1) is 23.3. The number of sulfonamides is 1. The second-order valence-corrected chi connectivity index (χ2v) is 10.9. The molecule has 1 aliphatic heterocycles. The number of rotatable bonds is 4. The quantitative estimate of drug-likeness (QED) is 0.412. The fourth-order valence-electron chi connectivity index (χ4n) is 4.89. The van der Waals surface area contributed by atoms with Gasteiger partial charge in [0, 0.05) is 37.0 Å². The van der Waals surface area contributed by atoms with Gasteiger partial charge in [0.15, 0.2) is 5.43 Å². The number of benzene rings is 3. The molecule has 0 atom stereocenters. The lowest BCUT2D eigenvalue weighted by atomic mass is 10.1. The molecule has 0 radical (unpaired) electrons. The summed E-state index contributed by atoms with van der Waals surface area (Å²) in [6.45, 7) is 4.94. The standard InChI is InChI=1S/C27H27N3O4S/c1-19-11-12-25(20(2)17-19)35(33,34)29-15-13-28(14-16-29)26(31)18-30-23-9-5-3-7-21(23)27(32)22-8-4-6-10-24(22)30/h3-12,17H,13-16,18H2,1-2H3. The van der Waals surface area contributed by atoms with E-state index in [1.807, 2.05) is 54.0 Å². The third-order valence-corrected chi connectivity index (χ3v) is 8.77. The minimum absolute atomic E-state index is 0.0508. The van der Waals surface area contributed by atoms with E-state index >= 15 is 0 Å². The third-order valence-electron chi connectivity index (χ3n) is 6.71. The molecule has 2 heterocycles. The average molecular weight is 490 g/mol. The molecular weight excluding hydrogens is 462 g/mol. The minimum Gasteiger partial charge on any atom is -0.339 e. The van der Waals surface area contributed by atoms with Crippen molar-refractivity contribution in [1.29, 1.82) is 0 Å². The average Bonchev–Trinajstić information content (AvgIpc) is 2.86. The number of hydrogen-bond donors (Lipinski definition) is 0. The second kappa shape index (κ2) is 8.94. The number of aryl methyl sites for hydroxylation is 2. The summed E-state index contributed by atoms with van der Waals surface area (Å²) in [5.41, 5.74) is 3.10. The van der Waals surface area contributed by atoms with Crippen LogP contribution in [-0.2, 0) is 21.4 Å². The lowest BCUT2D eigenvalue weighted by Gasteiger charge is -2.34. The van der Waals surface area contributed by atoms with E-state index in [2.05, 4.69) is 0 Å². The Hall–Kier alpha value is -3.49. The van der Waals surface area contributed by atoms with Gasteiger partial charge in [-0.25, -0.2) is 8.42 Å². The highest BCUT2D eigenvalue weighted by Gasteiger charge is 2.31. The highest BCUT2D eigenvalue weighted by atomic mass is 32.2. The van der Waals surface area contributed by atoms with Gasteiger partial charge in [-0.2, -0.15) is 4.31 Å². The number of para-hydroxylation sites is 2. The number of amides is 1. The molecule has 5 rings (SSSR count). The summed E-state index contributed by atoms with van der Waals surface area (Å²) < 4.78 is 29.7. The van der Waals surface area contributed by atoms with E-state index in [0.29, 0.717) is 39.8 Å². The molecule has 3 aromatic carbocycles. The van der Waals surface area contributed by atoms with Crippen LogP contribution in [0.5, 0.6) is 0 Å². The van der Waals surface area contributed by atoms with Gasteiger partial charge in [0.2, 0.25) is 15.9 Å². The number of carbonyl (C=O) groups is 1. The summed E-state index contributed by atoms with van der Waals surface area (Å²) in [6, 6.07) is 19.9. The molecule has 0 aliphatic carbocycles. The van der Waals surface area contributed by atoms with Crippen LogP contribution in [0, 0.1) is 13.8 Å². The number of carbonyl (C=O) groups excluding carboxylic acids is 1. The van der Waals surface area contributed by atoms with Crippen molar-refractivity contribution < 1.29 is 13.2 Å². The van der Waals surface area contributed by atoms with Crippen LogP contribution in [0.15, 0.2) is 76.4 Å². The van der Waals surface area contributed by atoms with Crippen LogP contribution in [0.2, 0.25) is 0 Å². The van der Waals surface area contributed by atoms with Crippen molar-refractivity contribution in [3.8, 4) is 0 Å². The molecule has 4 aromatic rings. The summed E-state index contributed by atoms with van der Waals surface area (Å²) in [4.78, 5) is 28.3. The summed E-state index contributed by atoms with van der Waals surface area (Å²) in [5.74, 6) is -0.104. The van der Waals surface area contributed by atoms with Crippen LogP contribution in [0.3, 0.4) is 0 Å². The number of piperazine rings is 1. The number of hydrogen-bond acceptors (Lipinski definition) is 4. The molecule has 1 amide bonds. The predicted molar refractivity (Wildman–Crippen MR) is 137 cm³/mol. The summed E-state index contributed by atoms with van der Waals surface area (Å²) in [5, 5.41) is 1.15.